The highest BCUT2D eigenvalue weighted by Crippen LogP contribution is 2.24. The number of unbranched alkanes of at least 4 members (excludes halogenated alkanes) is 2. The zero-order valence-corrected chi connectivity index (χ0v) is 19.0. The summed E-state index contributed by atoms with van der Waals surface area (Å²) in [7, 11) is 0. The molecular weight excluding hydrogens is 372 g/mol. The molecule has 0 saturated heterocycles. The van der Waals surface area contributed by atoms with Gasteiger partial charge >= 0.3 is 12.3 Å². The predicted octanol–water partition coefficient (Wildman–Crippen LogP) is 6.65. The first kappa shape index (κ1) is 25.6. The molecule has 6 nitrogen and oxygen atoms in total. The molecule has 0 N–H and O–H groups in total. The van der Waals surface area contributed by atoms with Crippen molar-refractivity contribution in [3.05, 3.63) is 0 Å². The van der Waals surface area contributed by atoms with Gasteiger partial charge in [-0.1, -0.05) is 53.4 Å². The van der Waals surface area contributed by atoms with Crippen LogP contribution in [0.1, 0.15) is 98.3 Å². The van der Waals surface area contributed by atoms with Crippen LogP contribution in [0.5, 0.6) is 0 Å². The van der Waals surface area contributed by atoms with Gasteiger partial charge in [-0.2, -0.15) is 0 Å². The van der Waals surface area contributed by atoms with Gasteiger partial charge in [0.1, 0.15) is 12.2 Å². The quantitative estimate of drug-likeness (QED) is 0.248. The van der Waals surface area contributed by atoms with Crippen molar-refractivity contribution in [2.75, 3.05) is 13.2 Å². The highest BCUT2D eigenvalue weighted by Gasteiger charge is 2.27. The monoisotopic (exact) mass is 414 g/mol. The molecule has 29 heavy (non-hydrogen) atoms. The number of rotatable bonds is 13. The van der Waals surface area contributed by atoms with Gasteiger partial charge in [-0.25, -0.2) is 9.59 Å². The second kappa shape index (κ2) is 15.4. The molecular formula is C23H42O6. The lowest BCUT2D eigenvalue weighted by Crippen LogP contribution is -2.30. The molecule has 1 saturated carbocycles. The summed E-state index contributed by atoms with van der Waals surface area (Å²) in [6, 6.07) is 0. The van der Waals surface area contributed by atoms with Gasteiger partial charge in [-0.05, 0) is 56.8 Å². The second-order valence-electron chi connectivity index (χ2n) is 8.63. The van der Waals surface area contributed by atoms with Gasteiger partial charge in [0, 0.05) is 0 Å². The first-order valence-electron chi connectivity index (χ1n) is 11.6. The number of hydrogen-bond donors (Lipinski definition) is 0. The number of ether oxygens (including phenoxy) is 4. The molecule has 0 heterocycles. The topological polar surface area (TPSA) is 71.1 Å². The number of hydrogen-bond acceptors (Lipinski definition) is 6. The number of carbonyl (C=O) groups excluding carboxylic acids is 2. The highest BCUT2D eigenvalue weighted by molar-refractivity contribution is 5.60. The Labute approximate surface area is 177 Å². The summed E-state index contributed by atoms with van der Waals surface area (Å²) in [4.78, 5) is 23.7. The van der Waals surface area contributed by atoms with E-state index in [1.165, 1.54) is 19.3 Å². The minimum absolute atomic E-state index is 0.162. The molecule has 0 aliphatic heterocycles. The fourth-order valence-corrected chi connectivity index (χ4v) is 3.57. The molecule has 1 fully saturated rings. The standard InChI is InChI=1S/C23H42O6/c1-5-7-8-10-19(9-6-2)17-27-23(25)29-21-13-11-20(12-14-21)28-22(24)26-16-15-18(3)4/h18-21H,5-17H2,1-4H3. The Morgan fingerprint density at radius 3 is 1.90 bits per heavy atom. The molecule has 1 unspecified atom stereocenters. The van der Waals surface area contributed by atoms with Crippen LogP contribution in [0, 0.1) is 11.8 Å². The van der Waals surface area contributed by atoms with Crippen molar-refractivity contribution in [3.8, 4) is 0 Å². The van der Waals surface area contributed by atoms with E-state index in [4.69, 9.17) is 18.9 Å². The Hall–Kier alpha value is -1.46. The van der Waals surface area contributed by atoms with Crippen LogP contribution in [0.4, 0.5) is 9.59 Å². The molecule has 0 aromatic carbocycles. The van der Waals surface area contributed by atoms with Gasteiger partial charge in [0.2, 0.25) is 0 Å². The lowest BCUT2D eigenvalue weighted by atomic mass is 9.95. The van der Waals surface area contributed by atoms with Crippen LogP contribution in [0.25, 0.3) is 0 Å². The maximum absolute atomic E-state index is 12.0. The van der Waals surface area contributed by atoms with Crippen LogP contribution >= 0.6 is 0 Å². The van der Waals surface area contributed by atoms with Crippen molar-refractivity contribution in [1.82, 2.24) is 0 Å². The van der Waals surface area contributed by atoms with Crippen molar-refractivity contribution in [2.24, 2.45) is 11.8 Å². The molecule has 170 valence electrons. The molecule has 0 amide bonds. The van der Waals surface area contributed by atoms with Crippen molar-refractivity contribution in [2.45, 2.75) is 111 Å². The summed E-state index contributed by atoms with van der Waals surface area (Å²) in [6.45, 7) is 9.34. The van der Waals surface area contributed by atoms with Crippen molar-refractivity contribution >= 4 is 12.3 Å². The Kier molecular flexibility index (Phi) is 13.6. The van der Waals surface area contributed by atoms with E-state index in [1.807, 2.05) is 0 Å². The fourth-order valence-electron chi connectivity index (χ4n) is 3.57. The van der Waals surface area contributed by atoms with Crippen LogP contribution < -0.4 is 0 Å². The van der Waals surface area contributed by atoms with E-state index in [0.717, 1.165) is 25.7 Å². The van der Waals surface area contributed by atoms with Gasteiger partial charge < -0.3 is 18.9 Å². The Morgan fingerprint density at radius 1 is 0.793 bits per heavy atom. The average Bonchev–Trinajstić information content (AvgIpc) is 2.67. The van der Waals surface area contributed by atoms with Crippen LogP contribution in [-0.2, 0) is 18.9 Å². The maximum atomic E-state index is 12.0. The van der Waals surface area contributed by atoms with E-state index in [2.05, 4.69) is 27.7 Å². The summed E-state index contributed by atoms with van der Waals surface area (Å²) < 4.78 is 21.3. The summed E-state index contributed by atoms with van der Waals surface area (Å²) >= 11 is 0. The maximum Gasteiger partial charge on any atom is 0.508 e. The lowest BCUT2D eigenvalue weighted by Gasteiger charge is -2.27. The van der Waals surface area contributed by atoms with Crippen molar-refractivity contribution in [1.29, 1.82) is 0 Å². The SMILES string of the molecule is CCCCCC(CCC)COC(=O)OC1CCC(OC(=O)OCCC(C)C)CC1. The third-order valence-corrected chi connectivity index (χ3v) is 5.41. The summed E-state index contributed by atoms with van der Waals surface area (Å²) in [5.74, 6) is 0.911. The van der Waals surface area contributed by atoms with Gasteiger partial charge in [0.25, 0.3) is 0 Å². The van der Waals surface area contributed by atoms with Crippen LogP contribution in [0.2, 0.25) is 0 Å². The molecule has 1 aliphatic carbocycles. The largest absolute Gasteiger partial charge is 0.508 e. The highest BCUT2D eigenvalue weighted by atomic mass is 16.7. The summed E-state index contributed by atoms with van der Waals surface area (Å²) in [5.41, 5.74) is 0. The molecule has 0 aromatic heterocycles. The minimum Gasteiger partial charge on any atom is -0.434 e. The second-order valence-corrected chi connectivity index (χ2v) is 8.63. The van der Waals surface area contributed by atoms with E-state index < -0.39 is 12.3 Å². The molecule has 6 heteroatoms. The fraction of sp³-hybridized carbons (Fsp3) is 0.913. The van der Waals surface area contributed by atoms with E-state index in [9.17, 15) is 9.59 Å². The Balaban J connectivity index is 2.19. The minimum atomic E-state index is -0.598. The number of carbonyl (C=O) groups is 2. The van der Waals surface area contributed by atoms with Crippen molar-refractivity contribution in [3.63, 3.8) is 0 Å². The lowest BCUT2D eigenvalue weighted by molar-refractivity contribution is -0.0300. The first-order valence-corrected chi connectivity index (χ1v) is 11.6. The van der Waals surface area contributed by atoms with Crippen molar-refractivity contribution < 1.29 is 28.5 Å². The summed E-state index contributed by atoms with van der Waals surface area (Å²) in [6.07, 6.45) is 8.91. The molecule has 0 aromatic rings. The molecule has 1 rings (SSSR count). The zero-order chi connectivity index (χ0) is 21.5. The molecule has 0 bridgehead atoms. The predicted molar refractivity (Wildman–Crippen MR) is 113 cm³/mol. The van der Waals surface area contributed by atoms with Gasteiger partial charge in [0.05, 0.1) is 13.2 Å². The summed E-state index contributed by atoms with van der Waals surface area (Å²) in [5, 5.41) is 0. The smallest absolute Gasteiger partial charge is 0.434 e. The van der Waals surface area contributed by atoms with Gasteiger partial charge in [-0.3, -0.25) is 0 Å². The molecule has 0 spiro atoms. The van der Waals surface area contributed by atoms with Gasteiger partial charge in [0.15, 0.2) is 0 Å². The zero-order valence-electron chi connectivity index (χ0n) is 19.0. The third kappa shape index (κ3) is 12.7. The Bertz CT molecular complexity index is 443. The molecule has 0 radical (unpaired) electrons. The van der Waals surface area contributed by atoms with Crippen LogP contribution in [0.3, 0.4) is 0 Å². The average molecular weight is 415 g/mol. The van der Waals surface area contributed by atoms with E-state index in [-0.39, 0.29) is 12.2 Å². The normalized spacial score (nSPS) is 20.2. The van der Waals surface area contributed by atoms with E-state index in [0.29, 0.717) is 50.7 Å². The first-order chi connectivity index (χ1) is 13.9. The van der Waals surface area contributed by atoms with E-state index >= 15 is 0 Å². The third-order valence-electron chi connectivity index (χ3n) is 5.41. The molecule has 1 aliphatic rings. The van der Waals surface area contributed by atoms with E-state index in [1.54, 1.807) is 0 Å². The Morgan fingerprint density at radius 2 is 1.38 bits per heavy atom. The van der Waals surface area contributed by atoms with Crippen LogP contribution in [0.15, 0.2) is 0 Å². The molecule has 1 atom stereocenters. The van der Waals surface area contributed by atoms with Crippen LogP contribution in [-0.4, -0.2) is 37.7 Å². The van der Waals surface area contributed by atoms with Gasteiger partial charge in [-0.15, -0.1) is 0 Å².